The number of methoxy groups -OCH3 is 1. The van der Waals surface area contributed by atoms with Crippen molar-refractivity contribution in [1.29, 1.82) is 0 Å². The van der Waals surface area contributed by atoms with Gasteiger partial charge in [-0.25, -0.2) is 0 Å². The summed E-state index contributed by atoms with van der Waals surface area (Å²) in [5.74, 6) is 0.855. The Morgan fingerprint density at radius 3 is 2.83 bits per heavy atom. The Labute approximate surface area is 116 Å². The lowest BCUT2D eigenvalue weighted by atomic mass is 10.2. The number of nitrogens with zero attached hydrogens (tertiary/aromatic N) is 1. The van der Waals surface area contributed by atoms with Gasteiger partial charge >= 0.3 is 0 Å². The molecule has 1 aromatic carbocycles. The predicted octanol–water partition coefficient (Wildman–Crippen LogP) is 3.89. The van der Waals surface area contributed by atoms with Crippen molar-refractivity contribution in [2.24, 2.45) is 0 Å². The van der Waals surface area contributed by atoms with E-state index in [1.807, 2.05) is 18.2 Å². The minimum Gasteiger partial charge on any atom is -0.495 e. The van der Waals surface area contributed by atoms with Crippen LogP contribution in [0.1, 0.15) is 12.5 Å². The molecule has 0 unspecified atom stereocenters. The summed E-state index contributed by atoms with van der Waals surface area (Å²) in [5.41, 5.74) is 2.26. The van der Waals surface area contributed by atoms with Crippen molar-refractivity contribution in [2.45, 2.75) is 20.0 Å². The highest BCUT2D eigenvalue weighted by Gasteiger charge is 2.03. The van der Waals surface area contributed by atoms with Gasteiger partial charge in [0.15, 0.2) is 0 Å². The highest BCUT2D eigenvalue weighted by molar-refractivity contribution is 9.10. The molecule has 2 rings (SSSR count). The summed E-state index contributed by atoms with van der Waals surface area (Å²) < 4.78 is 8.53. The van der Waals surface area contributed by atoms with Gasteiger partial charge < -0.3 is 14.6 Å². The number of nitrogens with one attached hydrogen (secondary N) is 1. The molecular weight excluding hydrogens is 292 g/mol. The largest absolute Gasteiger partial charge is 0.495 e. The third-order valence-corrected chi connectivity index (χ3v) is 3.31. The fourth-order valence-corrected chi connectivity index (χ4v) is 2.17. The molecule has 1 aromatic heterocycles. The molecule has 0 saturated carbocycles. The minimum atomic E-state index is 0.791. The van der Waals surface area contributed by atoms with Crippen LogP contribution in [0.15, 0.2) is 41.1 Å². The molecule has 2 aromatic rings. The summed E-state index contributed by atoms with van der Waals surface area (Å²) in [4.78, 5) is 0. The lowest BCUT2D eigenvalue weighted by Gasteiger charge is -2.10. The molecule has 96 valence electrons. The Hall–Kier alpha value is -1.42. The third-order valence-electron chi connectivity index (χ3n) is 2.82. The van der Waals surface area contributed by atoms with Crippen LogP contribution in [0.5, 0.6) is 5.75 Å². The summed E-state index contributed by atoms with van der Waals surface area (Å²) in [7, 11) is 1.68. The number of aromatic nitrogens is 1. The lowest BCUT2D eigenvalue weighted by molar-refractivity contribution is 0.416. The van der Waals surface area contributed by atoms with Crippen LogP contribution in [-0.4, -0.2) is 11.7 Å². The number of ether oxygens (including phenoxy) is 1. The van der Waals surface area contributed by atoms with E-state index in [9.17, 15) is 0 Å². The number of halogens is 1. The molecule has 0 radical (unpaired) electrons. The van der Waals surface area contributed by atoms with E-state index >= 15 is 0 Å². The fourth-order valence-electron chi connectivity index (χ4n) is 1.81. The molecule has 0 spiro atoms. The van der Waals surface area contributed by atoms with E-state index in [0.29, 0.717) is 0 Å². The van der Waals surface area contributed by atoms with E-state index in [1.165, 1.54) is 5.56 Å². The van der Waals surface area contributed by atoms with Crippen molar-refractivity contribution in [3.63, 3.8) is 0 Å². The van der Waals surface area contributed by atoms with Crippen molar-refractivity contribution in [2.75, 3.05) is 12.4 Å². The molecule has 3 nitrogen and oxygen atoms in total. The second kappa shape index (κ2) is 5.96. The van der Waals surface area contributed by atoms with Gasteiger partial charge in [0.25, 0.3) is 0 Å². The SMILES string of the molecule is CCn1ccc(CNc2cc(Br)ccc2OC)c1. The van der Waals surface area contributed by atoms with Crippen molar-refractivity contribution in [1.82, 2.24) is 4.57 Å². The zero-order chi connectivity index (χ0) is 13.0. The summed E-state index contributed by atoms with van der Waals surface area (Å²) in [6.07, 6.45) is 4.24. The molecule has 0 aliphatic heterocycles. The standard InChI is InChI=1S/C14H17BrN2O/c1-3-17-7-6-11(10-17)9-16-13-8-12(15)4-5-14(13)18-2/h4-8,10,16H,3,9H2,1-2H3. The van der Waals surface area contributed by atoms with Crippen LogP contribution in [0.3, 0.4) is 0 Å². The summed E-state index contributed by atoms with van der Waals surface area (Å²) >= 11 is 3.47. The van der Waals surface area contributed by atoms with Crippen LogP contribution in [-0.2, 0) is 13.1 Å². The third kappa shape index (κ3) is 3.07. The highest BCUT2D eigenvalue weighted by atomic mass is 79.9. The van der Waals surface area contributed by atoms with Crippen LogP contribution in [0.2, 0.25) is 0 Å². The van der Waals surface area contributed by atoms with E-state index in [2.05, 4.69) is 51.2 Å². The van der Waals surface area contributed by atoms with Crippen LogP contribution < -0.4 is 10.1 Å². The van der Waals surface area contributed by atoms with Gasteiger partial charge in [0.05, 0.1) is 12.8 Å². The van der Waals surface area contributed by atoms with Crippen molar-refractivity contribution in [3.05, 3.63) is 46.7 Å². The second-order valence-electron chi connectivity index (χ2n) is 4.05. The van der Waals surface area contributed by atoms with Gasteiger partial charge in [-0.05, 0) is 36.8 Å². The maximum atomic E-state index is 5.33. The number of hydrogen-bond acceptors (Lipinski definition) is 2. The Kier molecular flexibility index (Phi) is 4.31. The van der Waals surface area contributed by atoms with E-state index in [0.717, 1.165) is 29.0 Å². The molecule has 18 heavy (non-hydrogen) atoms. The Morgan fingerprint density at radius 2 is 2.17 bits per heavy atom. The number of aryl methyl sites for hydroxylation is 1. The monoisotopic (exact) mass is 308 g/mol. The molecule has 0 fully saturated rings. The first-order valence-corrected chi connectivity index (χ1v) is 6.74. The average Bonchev–Trinajstić information content (AvgIpc) is 2.84. The van der Waals surface area contributed by atoms with Crippen LogP contribution in [0.25, 0.3) is 0 Å². The summed E-state index contributed by atoms with van der Waals surface area (Å²) in [6.45, 7) is 3.93. The molecule has 0 saturated heterocycles. The van der Waals surface area contributed by atoms with E-state index < -0.39 is 0 Å². The highest BCUT2D eigenvalue weighted by Crippen LogP contribution is 2.28. The van der Waals surface area contributed by atoms with Crippen LogP contribution in [0.4, 0.5) is 5.69 Å². The van der Waals surface area contributed by atoms with Gasteiger partial charge in [-0.1, -0.05) is 15.9 Å². The van der Waals surface area contributed by atoms with Gasteiger partial charge in [-0.2, -0.15) is 0 Å². The molecule has 0 amide bonds. The molecule has 4 heteroatoms. The quantitative estimate of drug-likeness (QED) is 0.907. The summed E-state index contributed by atoms with van der Waals surface area (Å²) in [5, 5.41) is 3.39. The molecule has 1 N–H and O–H groups in total. The van der Waals surface area contributed by atoms with E-state index in [1.54, 1.807) is 7.11 Å². The maximum absolute atomic E-state index is 5.33. The minimum absolute atomic E-state index is 0.791. The smallest absolute Gasteiger partial charge is 0.142 e. The molecule has 0 aliphatic carbocycles. The topological polar surface area (TPSA) is 26.2 Å². The number of rotatable bonds is 5. The number of benzene rings is 1. The molecular formula is C14H17BrN2O. The van der Waals surface area contributed by atoms with E-state index in [4.69, 9.17) is 4.74 Å². The molecule has 0 aliphatic rings. The summed E-state index contributed by atoms with van der Waals surface area (Å²) in [6, 6.07) is 8.07. The second-order valence-corrected chi connectivity index (χ2v) is 4.96. The van der Waals surface area contributed by atoms with Crippen LogP contribution >= 0.6 is 15.9 Å². The van der Waals surface area contributed by atoms with Gasteiger partial charge in [-0.3, -0.25) is 0 Å². The molecule has 0 bridgehead atoms. The van der Waals surface area contributed by atoms with E-state index in [-0.39, 0.29) is 0 Å². The Bertz CT molecular complexity index is 522. The Morgan fingerprint density at radius 1 is 1.33 bits per heavy atom. The normalized spacial score (nSPS) is 10.4. The number of anilines is 1. The number of hydrogen-bond donors (Lipinski definition) is 1. The first-order valence-electron chi connectivity index (χ1n) is 5.95. The molecule has 1 heterocycles. The first kappa shape index (κ1) is 13.0. The van der Waals surface area contributed by atoms with Gasteiger partial charge in [0.2, 0.25) is 0 Å². The first-order chi connectivity index (χ1) is 8.72. The van der Waals surface area contributed by atoms with Gasteiger partial charge in [0, 0.05) is 30.0 Å². The zero-order valence-electron chi connectivity index (χ0n) is 10.6. The predicted molar refractivity (Wildman–Crippen MR) is 78.1 cm³/mol. The average molecular weight is 309 g/mol. The Balaban J connectivity index is 2.07. The van der Waals surface area contributed by atoms with Crippen molar-refractivity contribution < 1.29 is 4.74 Å². The fraction of sp³-hybridized carbons (Fsp3) is 0.286. The molecule has 0 atom stereocenters. The van der Waals surface area contributed by atoms with Crippen LogP contribution in [0, 0.1) is 0 Å². The maximum Gasteiger partial charge on any atom is 0.142 e. The zero-order valence-corrected chi connectivity index (χ0v) is 12.2. The van der Waals surface area contributed by atoms with Crippen molar-refractivity contribution >= 4 is 21.6 Å². The van der Waals surface area contributed by atoms with Gasteiger partial charge in [-0.15, -0.1) is 0 Å². The van der Waals surface area contributed by atoms with Gasteiger partial charge in [0.1, 0.15) is 5.75 Å². The lowest BCUT2D eigenvalue weighted by Crippen LogP contribution is -2.00. The van der Waals surface area contributed by atoms with Crippen molar-refractivity contribution in [3.8, 4) is 5.75 Å².